The van der Waals surface area contributed by atoms with Gasteiger partial charge in [0.1, 0.15) is 0 Å². The van der Waals surface area contributed by atoms with Crippen LogP contribution in [0.5, 0.6) is 0 Å². The van der Waals surface area contributed by atoms with Crippen LogP contribution < -0.4 is 0 Å². The van der Waals surface area contributed by atoms with Crippen molar-refractivity contribution in [3.63, 3.8) is 0 Å². The van der Waals surface area contributed by atoms with E-state index >= 15 is 0 Å². The molecule has 0 bridgehead atoms. The molecule has 0 N–H and O–H groups in total. The average molecular weight is 355 g/mol. The van der Waals surface area contributed by atoms with Gasteiger partial charge in [-0.05, 0) is 42.4 Å². The van der Waals surface area contributed by atoms with Crippen molar-refractivity contribution in [3.05, 3.63) is 58.3 Å². The number of benzene rings is 1. The lowest BCUT2D eigenvalue weighted by Gasteiger charge is -2.45. The summed E-state index contributed by atoms with van der Waals surface area (Å²) in [6.45, 7) is 15.4. The van der Waals surface area contributed by atoms with Crippen LogP contribution in [0.4, 0.5) is 0 Å². The van der Waals surface area contributed by atoms with Gasteiger partial charge < -0.3 is 0 Å². The molecule has 0 spiro atoms. The molecular formula is C22H34Si2. The lowest BCUT2D eigenvalue weighted by Crippen LogP contribution is -2.39. The van der Waals surface area contributed by atoms with Gasteiger partial charge in [-0.15, -0.1) is 0 Å². The minimum Gasteiger partial charge on any atom is -0.0772 e. The minimum absolute atomic E-state index is 0.608. The zero-order valence-electron chi connectivity index (χ0n) is 16.4. The Kier molecular flexibility index (Phi) is 4.83. The summed E-state index contributed by atoms with van der Waals surface area (Å²) in [5, 5.41) is 1.78. The fourth-order valence-electron chi connectivity index (χ4n) is 4.90. The fourth-order valence-corrected chi connectivity index (χ4v) is 9.50. The second-order valence-electron chi connectivity index (χ2n) is 9.82. The topological polar surface area (TPSA) is 0 Å². The first-order valence-corrected chi connectivity index (χ1v) is 16.8. The van der Waals surface area contributed by atoms with Crippen LogP contribution in [-0.4, -0.2) is 16.1 Å². The highest BCUT2D eigenvalue weighted by atomic mass is 28.3. The zero-order valence-corrected chi connectivity index (χ0v) is 18.4. The van der Waals surface area contributed by atoms with Gasteiger partial charge in [0.2, 0.25) is 0 Å². The standard InChI is InChI=1S/C22H34Si2/c1-23(2,3)21-16-20(17-12-8-7-9-13-17)22(24(4,5)6)19-15-11-10-14-18(19)21/h7-9,12-13,16,20,22H,10-11,14-15H2,1-6H3/t20-,22-/m1/s1. The monoisotopic (exact) mass is 354 g/mol. The molecule has 2 aliphatic rings. The van der Waals surface area contributed by atoms with E-state index in [9.17, 15) is 0 Å². The molecule has 3 rings (SSSR count). The highest BCUT2D eigenvalue weighted by Crippen LogP contribution is 2.54. The normalized spacial score (nSPS) is 25.3. The van der Waals surface area contributed by atoms with Gasteiger partial charge in [0.15, 0.2) is 0 Å². The van der Waals surface area contributed by atoms with E-state index in [0.29, 0.717) is 5.92 Å². The molecular weight excluding hydrogens is 320 g/mol. The Hall–Kier alpha value is -0.866. The third-order valence-corrected chi connectivity index (χ3v) is 10.5. The van der Waals surface area contributed by atoms with E-state index in [0.717, 1.165) is 5.54 Å². The average Bonchev–Trinajstić information content (AvgIpc) is 2.52. The first kappa shape index (κ1) is 17.9. The molecule has 2 aliphatic carbocycles. The summed E-state index contributed by atoms with van der Waals surface area (Å²) >= 11 is 0. The molecule has 0 fully saturated rings. The van der Waals surface area contributed by atoms with Crippen molar-refractivity contribution in [2.45, 2.75) is 76.4 Å². The highest BCUT2D eigenvalue weighted by molar-refractivity contribution is 6.84. The van der Waals surface area contributed by atoms with Gasteiger partial charge in [-0.25, -0.2) is 0 Å². The molecule has 1 aromatic rings. The lowest BCUT2D eigenvalue weighted by molar-refractivity contribution is 0.618. The maximum absolute atomic E-state index is 2.73. The second-order valence-corrected chi connectivity index (χ2v) is 20.2. The molecule has 0 unspecified atom stereocenters. The third-order valence-electron chi connectivity index (χ3n) is 5.84. The number of rotatable bonds is 3. The molecule has 0 saturated carbocycles. The van der Waals surface area contributed by atoms with Crippen LogP contribution in [0.3, 0.4) is 0 Å². The van der Waals surface area contributed by atoms with E-state index in [-0.39, 0.29) is 0 Å². The predicted molar refractivity (Wildman–Crippen MR) is 113 cm³/mol. The Balaban J connectivity index is 2.19. The molecule has 0 radical (unpaired) electrons. The van der Waals surface area contributed by atoms with Crippen molar-refractivity contribution >= 4 is 16.1 Å². The van der Waals surface area contributed by atoms with Crippen molar-refractivity contribution < 1.29 is 0 Å². The summed E-state index contributed by atoms with van der Waals surface area (Å²) in [7, 11) is -2.60. The van der Waals surface area contributed by atoms with Gasteiger partial charge in [0.25, 0.3) is 0 Å². The maximum Gasteiger partial charge on any atom is 0.0775 e. The molecule has 0 amide bonds. The molecule has 0 saturated heterocycles. The van der Waals surface area contributed by atoms with Gasteiger partial charge in [-0.3, -0.25) is 0 Å². The Bertz CT molecular complexity index is 653. The molecule has 0 nitrogen and oxygen atoms in total. The van der Waals surface area contributed by atoms with Gasteiger partial charge in [0, 0.05) is 5.92 Å². The fraction of sp³-hybridized carbons (Fsp3) is 0.545. The van der Waals surface area contributed by atoms with Gasteiger partial charge >= 0.3 is 0 Å². The Morgan fingerprint density at radius 3 is 2.04 bits per heavy atom. The van der Waals surface area contributed by atoms with E-state index in [4.69, 9.17) is 0 Å². The Labute approximate surface area is 151 Å². The largest absolute Gasteiger partial charge is 0.0775 e. The molecule has 0 aromatic heterocycles. The SMILES string of the molecule is C[Si](C)(C)C1=C[C@H](c2ccccc2)[C@H]([Si](C)(C)C)C2=C1CCCC2. The minimum atomic E-state index is -1.31. The first-order valence-electron chi connectivity index (χ1n) is 9.69. The molecule has 24 heavy (non-hydrogen) atoms. The van der Waals surface area contributed by atoms with E-state index in [1.165, 1.54) is 31.2 Å². The molecule has 0 heterocycles. The molecule has 130 valence electrons. The van der Waals surface area contributed by atoms with Crippen LogP contribution in [0.25, 0.3) is 0 Å². The van der Waals surface area contributed by atoms with Crippen molar-refractivity contribution in [1.29, 1.82) is 0 Å². The van der Waals surface area contributed by atoms with Crippen molar-refractivity contribution in [2.75, 3.05) is 0 Å². The molecule has 2 atom stereocenters. The Morgan fingerprint density at radius 2 is 1.46 bits per heavy atom. The molecule has 0 aliphatic heterocycles. The smallest absolute Gasteiger partial charge is 0.0772 e. The van der Waals surface area contributed by atoms with E-state index in [1.807, 2.05) is 5.57 Å². The van der Waals surface area contributed by atoms with Crippen LogP contribution in [0.15, 0.2) is 52.8 Å². The van der Waals surface area contributed by atoms with Gasteiger partial charge in [0.05, 0.1) is 16.1 Å². The number of hydrogen-bond acceptors (Lipinski definition) is 0. The summed E-state index contributed by atoms with van der Waals surface area (Å²) in [4.78, 5) is 0. The third kappa shape index (κ3) is 3.41. The number of allylic oxidation sites excluding steroid dienone is 4. The van der Waals surface area contributed by atoms with Crippen LogP contribution in [0.2, 0.25) is 44.8 Å². The first-order chi connectivity index (χ1) is 11.2. The second kappa shape index (κ2) is 6.46. The molecule has 2 heteroatoms. The molecule has 1 aromatic carbocycles. The summed E-state index contributed by atoms with van der Waals surface area (Å²) in [5.74, 6) is 0.608. The summed E-state index contributed by atoms with van der Waals surface area (Å²) in [5.41, 5.74) is 6.00. The van der Waals surface area contributed by atoms with Crippen LogP contribution in [0.1, 0.15) is 37.2 Å². The van der Waals surface area contributed by atoms with E-state index < -0.39 is 16.1 Å². The van der Waals surface area contributed by atoms with Crippen molar-refractivity contribution in [2.24, 2.45) is 0 Å². The van der Waals surface area contributed by atoms with Crippen LogP contribution >= 0.6 is 0 Å². The lowest BCUT2D eigenvalue weighted by atomic mass is 9.78. The highest BCUT2D eigenvalue weighted by Gasteiger charge is 2.42. The summed E-state index contributed by atoms with van der Waals surface area (Å²) < 4.78 is 0. The van der Waals surface area contributed by atoms with E-state index in [2.05, 4.69) is 75.7 Å². The predicted octanol–water partition coefficient (Wildman–Crippen LogP) is 7.17. The van der Waals surface area contributed by atoms with Gasteiger partial charge in [-0.1, -0.05) is 86.5 Å². The zero-order chi connectivity index (χ0) is 17.5. The quantitative estimate of drug-likeness (QED) is 0.505. The van der Waals surface area contributed by atoms with E-state index in [1.54, 1.807) is 10.8 Å². The summed E-state index contributed by atoms with van der Waals surface area (Å²) in [6, 6.07) is 11.3. The van der Waals surface area contributed by atoms with Crippen molar-refractivity contribution in [1.82, 2.24) is 0 Å². The number of hydrogen-bond donors (Lipinski definition) is 0. The Morgan fingerprint density at radius 1 is 0.833 bits per heavy atom. The van der Waals surface area contributed by atoms with Crippen LogP contribution in [0, 0.1) is 0 Å². The van der Waals surface area contributed by atoms with Crippen LogP contribution in [-0.2, 0) is 0 Å². The van der Waals surface area contributed by atoms with Gasteiger partial charge in [-0.2, -0.15) is 0 Å². The summed E-state index contributed by atoms with van der Waals surface area (Å²) in [6.07, 6.45) is 8.23. The van der Waals surface area contributed by atoms with Crippen molar-refractivity contribution in [3.8, 4) is 0 Å². The maximum atomic E-state index is 2.73.